The van der Waals surface area contributed by atoms with Crippen LogP contribution in [0.15, 0.2) is 18.2 Å². The van der Waals surface area contributed by atoms with Crippen molar-refractivity contribution >= 4 is 21.8 Å². The largest absolute Gasteiger partial charge is 0.497 e. The van der Waals surface area contributed by atoms with Crippen molar-refractivity contribution < 1.29 is 14.3 Å². The summed E-state index contributed by atoms with van der Waals surface area (Å²) in [4.78, 5) is 12.8. The number of benzene rings is 1. The Labute approximate surface area is 134 Å². The van der Waals surface area contributed by atoms with Crippen molar-refractivity contribution in [1.82, 2.24) is 5.32 Å². The number of ether oxygens (including phenoxy) is 2. The third-order valence-electron chi connectivity index (χ3n) is 3.99. The Morgan fingerprint density at radius 1 is 1.29 bits per heavy atom. The third-order valence-corrected chi connectivity index (χ3v) is 5.20. The van der Waals surface area contributed by atoms with E-state index in [1.165, 1.54) is 19.3 Å². The predicted octanol–water partition coefficient (Wildman–Crippen LogP) is 3.39. The van der Waals surface area contributed by atoms with Crippen molar-refractivity contribution in [2.75, 3.05) is 20.8 Å². The lowest BCUT2D eigenvalue weighted by Gasteiger charge is -2.27. The van der Waals surface area contributed by atoms with E-state index in [4.69, 9.17) is 9.47 Å². The minimum absolute atomic E-state index is 0.0974. The lowest BCUT2D eigenvalue weighted by Crippen LogP contribution is -2.34. The molecule has 1 aliphatic rings. The number of carbonyl (C=O) groups is 1. The first-order valence-corrected chi connectivity index (χ1v) is 8.21. The number of hydrogen-bond acceptors (Lipinski definition) is 3. The molecule has 2 unspecified atom stereocenters. The molecule has 21 heavy (non-hydrogen) atoms. The van der Waals surface area contributed by atoms with Crippen molar-refractivity contribution in [3.8, 4) is 11.5 Å². The molecule has 1 N–H and O–H groups in total. The average molecular weight is 356 g/mol. The molecule has 0 aliphatic heterocycles. The van der Waals surface area contributed by atoms with Crippen molar-refractivity contribution in [3.05, 3.63) is 23.8 Å². The number of alkyl halides is 1. The van der Waals surface area contributed by atoms with Crippen LogP contribution in [0.4, 0.5) is 0 Å². The molecule has 0 spiro atoms. The second kappa shape index (κ2) is 7.69. The molecule has 2 rings (SSSR count). The lowest BCUT2D eigenvalue weighted by molar-refractivity contribution is 0.0941. The van der Waals surface area contributed by atoms with Gasteiger partial charge in [0.1, 0.15) is 11.5 Å². The molecule has 116 valence electrons. The van der Waals surface area contributed by atoms with Gasteiger partial charge in [-0.2, -0.15) is 0 Å². The van der Waals surface area contributed by atoms with Gasteiger partial charge in [0.25, 0.3) is 5.91 Å². The highest BCUT2D eigenvalue weighted by Crippen LogP contribution is 2.30. The summed E-state index contributed by atoms with van der Waals surface area (Å²) in [5, 5.41) is 3.02. The van der Waals surface area contributed by atoms with E-state index in [1.807, 2.05) is 0 Å². The monoisotopic (exact) mass is 355 g/mol. The molecule has 1 aromatic rings. The van der Waals surface area contributed by atoms with Crippen molar-refractivity contribution in [2.45, 2.75) is 30.5 Å². The fourth-order valence-corrected chi connectivity index (χ4v) is 3.47. The fourth-order valence-electron chi connectivity index (χ4n) is 2.70. The van der Waals surface area contributed by atoms with Gasteiger partial charge in [0.05, 0.1) is 19.8 Å². The first kappa shape index (κ1) is 16.1. The molecule has 1 amide bonds. The van der Waals surface area contributed by atoms with Crippen LogP contribution in [0.2, 0.25) is 0 Å². The van der Waals surface area contributed by atoms with Crippen LogP contribution in [0.25, 0.3) is 0 Å². The minimum Gasteiger partial charge on any atom is -0.497 e. The van der Waals surface area contributed by atoms with Gasteiger partial charge in [-0.3, -0.25) is 4.79 Å². The first-order valence-electron chi connectivity index (χ1n) is 7.30. The van der Waals surface area contributed by atoms with Crippen LogP contribution in [0.1, 0.15) is 36.0 Å². The molecule has 1 aromatic carbocycles. The number of nitrogens with one attached hydrogen (secondary N) is 1. The zero-order valence-electron chi connectivity index (χ0n) is 12.5. The first-order chi connectivity index (χ1) is 10.2. The molecule has 1 saturated carbocycles. The van der Waals surface area contributed by atoms with Crippen molar-refractivity contribution in [3.63, 3.8) is 0 Å². The topological polar surface area (TPSA) is 47.6 Å². The van der Waals surface area contributed by atoms with Gasteiger partial charge < -0.3 is 14.8 Å². The molecule has 0 heterocycles. The van der Waals surface area contributed by atoms with Gasteiger partial charge in [-0.15, -0.1) is 0 Å². The highest BCUT2D eigenvalue weighted by Gasteiger charge is 2.23. The number of halogens is 1. The zero-order valence-corrected chi connectivity index (χ0v) is 14.1. The van der Waals surface area contributed by atoms with E-state index < -0.39 is 0 Å². The van der Waals surface area contributed by atoms with Gasteiger partial charge in [0.2, 0.25) is 0 Å². The predicted molar refractivity (Wildman–Crippen MR) is 86.6 cm³/mol. The van der Waals surface area contributed by atoms with E-state index in [-0.39, 0.29) is 5.91 Å². The van der Waals surface area contributed by atoms with Crippen LogP contribution in [0, 0.1) is 5.92 Å². The van der Waals surface area contributed by atoms with E-state index in [0.717, 1.165) is 6.42 Å². The van der Waals surface area contributed by atoms with Crippen molar-refractivity contribution in [2.24, 2.45) is 5.92 Å². The number of hydrogen-bond donors (Lipinski definition) is 1. The summed E-state index contributed by atoms with van der Waals surface area (Å²) in [6.07, 6.45) is 4.86. The Balaban J connectivity index is 1.99. The second-order valence-electron chi connectivity index (χ2n) is 5.34. The Morgan fingerprint density at radius 3 is 2.71 bits per heavy atom. The molecule has 4 nitrogen and oxygen atoms in total. The van der Waals surface area contributed by atoms with Crippen molar-refractivity contribution in [1.29, 1.82) is 0 Å². The number of amides is 1. The summed E-state index contributed by atoms with van der Waals surface area (Å²) in [7, 11) is 3.15. The molecule has 1 fully saturated rings. The number of rotatable bonds is 5. The van der Waals surface area contributed by atoms with Gasteiger partial charge in [0.15, 0.2) is 0 Å². The quantitative estimate of drug-likeness (QED) is 0.823. The minimum atomic E-state index is -0.0974. The number of carbonyl (C=O) groups excluding carboxylic acids is 1. The van der Waals surface area contributed by atoms with Crippen LogP contribution in [-0.4, -0.2) is 31.5 Å². The Bertz CT molecular complexity index is 492. The molecule has 0 aromatic heterocycles. The summed E-state index contributed by atoms with van der Waals surface area (Å²) in [6, 6.07) is 5.23. The van der Waals surface area contributed by atoms with E-state index in [2.05, 4.69) is 21.2 Å². The van der Waals surface area contributed by atoms with Gasteiger partial charge in [-0.25, -0.2) is 0 Å². The van der Waals surface area contributed by atoms with Gasteiger partial charge >= 0.3 is 0 Å². The normalized spacial score (nSPS) is 21.7. The van der Waals surface area contributed by atoms with Gasteiger partial charge in [-0.05, 0) is 30.9 Å². The molecule has 2 atom stereocenters. The molecule has 5 heteroatoms. The summed E-state index contributed by atoms with van der Waals surface area (Å²) in [5.41, 5.74) is 0.542. The average Bonchev–Trinajstić information content (AvgIpc) is 2.53. The molecular formula is C16H22BrNO3. The zero-order chi connectivity index (χ0) is 15.2. The van der Waals surface area contributed by atoms with Crippen LogP contribution in [0.5, 0.6) is 11.5 Å². The third kappa shape index (κ3) is 4.13. The highest BCUT2D eigenvalue weighted by molar-refractivity contribution is 9.09. The Hall–Kier alpha value is -1.23. The SMILES string of the molecule is COc1ccc(C(=O)NCC2CCCCC2Br)c(OC)c1. The molecule has 0 radical (unpaired) electrons. The lowest BCUT2D eigenvalue weighted by atomic mass is 9.89. The summed E-state index contributed by atoms with van der Waals surface area (Å²) in [5.74, 6) is 1.62. The smallest absolute Gasteiger partial charge is 0.255 e. The maximum absolute atomic E-state index is 12.3. The maximum atomic E-state index is 12.3. The van der Waals surface area contributed by atoms with Crippen LogP contribution >= 0.6 is 15.9 Å². The maximum Gasteiger partial charge on any atom is 0.255 e. The van der Waals surface area contributed by atoms with E-state index >= 15 is 0 Å². The second-order valence-corrected chi connectivity index (χ2v) is 6.51. The van der Waals surface area contributed by atoms with Gasteiger partial charge in [-0.1, -0.05) is 28.8 Å². The molecule has 1 aliphatic carbocycles. The van der Waals surface area contributed by atoms with Crippen LogP contribution in [-0.2, 0) is 0 Å². The Morgan fingerprint density at radius 2 is 2.05 bits per heavy atom. The van der Waals surface area contributed by atoms with Crippen LogP contribution in [0.3, 0.4) is 0 Å². The Kier molecular flexibility index (Phi) is 5.91. The molecule has 0 saturated heterocycles. The standard InChI is InChI=1S/C16H22BrNO3/c1-20-12-7-8-13(15(9-12)21-2)16(19)18-10-11-5-3-4-6-14(11)17/h7-9,11,14H,3-6,10H2,1-2H3,(H,18,19). The van der Waals surface area contributed by atoms with E-state index in [9.17, 15) is 4.79 Å². The molecular weight excluding hydrogens is 334 g/mol. The van der Waals surface area contributed by atoms with E-state index in [0.29, 0.717) is 34.4 Å². The summed E-state index contributed by atoms with van der Waals surface area (Å²) < 4.78 is 10.4. The summed E-state index contributed by atoms with van der Waals surface area (Å²) in [6.45, 7) is 0.698. The van der Waals surface area contributed by atoms with Gasteiger partial charge in [0, 0.05) is 17.4 Å². The summed E-state index contributed by atoms with van der Waals surface area (Å²) >= 11 is 3.72. The van der Waals surface area contributed by atoms with E-state index in [1.54, 1.807) is 32.4 Å². The number of methoxy groups -OCH3 is 2. The fraction of sp³-hybridized carbons (Fsp3) is 0.562. The highest BCUT2D eigenvalue weighted by atomic mass is 79.9. The molecule has 0 bridgehead atoms. The van der Waals surface area contributed by atoms with Crippen LogP contribution < -0.4 is 14.8 Å².